The van der Waals surface area contributed by atoms with Crippen LogP contribution in [0, 0.1) is 0 Å². The van der Waals surface area contributed by atoms with Gasteiger partial charge in [-0.1, -0.05) is 13.8 Å². The lowest BCUT2D eigenvalue weighted by Crippen LogP contribution is -2.40. The molecule has 2 atom stereocenters. The number of rotatable bonds is 10. The lowest BCUT2D eigenvalue weighted by atomic mass is 10.1. The average molecular weight is 315 g/mol. The fourth-order valence-electron chi connectivity index (χ4n) is 1.87. The van der Waals surface area contributed by atoms with Crippen molar-refractivity contribution >= 4 is 11.9 Å². The quantitative estimate of drug-likeness (QED) is 0.472. The first-order chi connectivity index (χ1) is 10.3. The van der Waals surface area contributed by atoms with Crippen LogP contribution in [0.4, 0.5) is 0 Å². The Morgan fingerprint density at radius 3 is 2.23 bits per heavy atom. The summed E-state index contributed by atoms with van der Waals surface area (Å²) in [5.74, 6) is -0.668. The molecule has 0 aliphatic heterocycles. The van der Waals surface area contributed by atoms with Crippen molar-refractivity contribution in [2.75, 3.05) is 13.2 Å². The molecule has 2 unspecified atom stereocenters. The molecule has 1 amide bonds. The van der Waals surface area contributed by atoms with Crippen molar-refractivity contribution in [3.05, 3.63) is 11.6 Å². The minimum absolute atomic E-state index is 0.0248. The fourth-order valence-corrected chi connectivity index (χ4v) is 1.87. The zero-order chi connectivity index (χ0) is 17.1. The van der Waals surface area contributed by atoms with Crippen molar-refractivity contribution in [1.82, 2.24) is 5.32 Å². The highest BCUT2D eigenvalue weighted by molar-refractivity contribution is 5.87. The third kappa shape index (κ3) is 8.14. The second-order valence-corrected chi connectivity index (χ2v) is 5.11. The highest BCUT2D eigenvalue weighted by atomic mass is 16.5. The van der Waals surface area contributed by atoms with Crippen molar-refractivity contribution < 1.29 is 24.2 Å². The number of aliphatic hydroxyl groups excluding tert-OH is 1. The summed E-state index contributed by atoms with van der Waals surface area (Å²) in [6.45, 7) is 9.06. The van der Waals surface area contributed by atoms with Crippen LogP contribution in [-0.2, 0) is 19.1 Å². The van der Waals surface area contributed by atoms with Crippen LogP contribution in [-0.4, -0.2) is 48.4 Å². The molecule has 22 heavy (non-hydrogen) atoms. The molecule has 0 rings (SSSR count). The first-order valence-electron chi connectivity index (χ1n) is 7.79. The maximum absolute atomic E-state index is 11.7. The second kappa shape index (κ2) is 11.2. The van der Waals surface area contributed by atoms with E-state index in [1.165, 1.54) is 6.92 Å². The molecule has 128 valence electrons. The van der Waals surface area contributed by atoms with Gasteiger partial charge in [0.1, 0.15) is 12.2 Å². The molecule has 2 N–H and O–H groups in total. The molecule has 6 heteroatoms. The Morgan fingerprint density at radius 2 is 1.77 bits per heavy atom. The van der Waals surface area contributed by atoms with Crippen LogP contribution >= 0.6 is 0 Å². The highest BCUT2D eigenvalue weighted by Gasteiger charge is 2.22. The number of nitrogens with one attached hydrogen (secondary N) is 1. The number of aliphatic hydroxyl groups is 1. The first kappa shape index (κ1) is 20.6. The number of carbonyl (C=O) groups excluding carboxylic acids is 2. The van der Waals surface area contributed by atoms with E-state index in [0.717, 1.165) is 12.8 Å². The van der Waals surface area contributed by atoms with Gasteiger partial charge in [0.2, 0.25) is 5.91 Å². The zero-order valence-corrected chi connectivity index (χ0v) is 14.2. The second-order valence-electron chi connectivity index (χ2n) is 5.11. The standard InChI is InChI=1S/C16H29NO5/c1-6-13(7-2)22-15(14(19)10-17-12(5)18)9-11(4)16(20)21-8-3/h9,13-15,19H,6-8,10H2,1-5H3,(H,17,18)/b11-9+. The molecule has 0 aromatic heterocycles. The van der Waals surface area contributed by atoms with Crippen molar-refractivity contribution in [3.63, 3.8) is 0 Å². The van der Waals surface area contributed by atoms with E-state index < -0.39 is 18.2 Å². The lowest BCUT2D eigenvalue weighted by molar-refractivity contribution is -0.138. The number of hydrogen-bond acceptors (Lipinski definition) is 5. The van der Waals surface area contributed by atoms with Gasteiger partial charge in [-0.25, -0.2) is 4.79 Å². The van der Waals surface area contributed by atoms with Gasteiger partial charge >= 0.3 is 5.97 Å². The van der Waals surface area contributed by atoms with Crippen LogP contribution in [0.5, 0.6) is 0 Å². The lowest BCUT2D eigenvalue weighted by Gasteiger charge is -2.26. The first-order valence-corrected chi connectivity index (χ1v) is 7.79. The Bertz CT molecular complexity index is 377. The minimum atomic E-state index is -0.936. The minimum Gasteiger partial charge on any atom is -0.463 e. The Balaban J connectivity index is 5.01. The predicted molar refractivity (Wildman–Crippen MR) is 84.3 cm³/mol. The highest BCUT2D eigenvalue weighted by Crippen LogP contribution is 2.13. The molecule has 0 aliphatic carbocycles. The van der Waals surface area contributed by atoms with Gasteiger partial charge in [0.05, 0.1) is 12.7 Å². The Morgan fingerprint density at radius 1 is 1.18 bits per heavy atom. The summed E-state index contributed by atoms with van der Waals surface area (Å²) in [6, 6.07) is 0. The predicted octanol–water partition coefficient (Wildman–Crippen LogP) is 1.57. The third-order valence-electron chi connectivity index (χ3n) is 3.21. The van der Waals surface area contributed by atoms with E-state index in [4.69, 9.17) is 9.47 Å². The molecule has 0 spiro atoms. The van der Waals surface area contributed by atoms with Crippen molar-refractivity contribution in [1.29, 1.82) is 0 Å². The van der Waals surface area contributed by atoms with Crippen LogP contribution in [0.1, 0.15) is 47.5 Å². The van der Waals surface area contributed by atoms with Crippen molar-refractivity contribution in [2.45, 2.75) is 65.8 Å². The smallest absolute Gasteiger partial charge is 0.333 e. The van der Waals surface area contributed by atoms with E-state index in [0.29, 0.717) is 5.57 Å². The molecule has 0 fully saturated rings. The summed E-state index contributed by atoms with van der Waals surface area (Å²) in [5.41, 5.74) is 0.375. The zero-order valence-electron chi connectivity index (χ0n) is 14.2. The van der Waals surface area contributed by atoms with Gasteiger partial charge in [-0.15, -0.1) is 0 Å². The fraction of sp³-hybridized carbons (Fsp3) is 0.750. The van der Waals surface area contributed by atoms with Gasteiger partial charge in [0.25, 0.3) is 0 Å². The monoisotopic (exact) mass is 315 g/mol. The SMILES string of the molecule is CCOC(=O)/C(C)=C/C(OC(CC)CC)C(O)CNC(C)=O. The van der Waals surface area contributed by atoms with Crippen molar-refractivity contribution in [3.8, 4) is 0 Å². The van der Waals surface area contributed by atoms with Crippen LogP contribution in [0.25, 0.3) is 0 Å². The number of ether oxygens (including phenoxy) is 2. The van der Waals surface area contributed by atoms with Crippen LogP contribution in [0.2, 0.25) is 0 Å². The third-order valence-corrected chi connectivity index (χ3v) is 3.21. The molecule has 6 nitrogen and oxygen atoms in total. The van der Waals surface area contributed by atoms with E-state index >= 15 is 0 Å². The number of carbonyl (C=O) groups is 2. The van der Waals surface area contributed by atoms with Gasteiger partial charge in [-0.2, -0.15) is 0 Å². The van der Waals surface area contributed by atoms with Crippen LogP contribution < -0.4 is 5.32 Å². The molecular formula is C16H29NO5. The Labute approximate surface area is 132 Å². The van der Waals surface area contributed by atoms with Gasteiger partial charge < -0.3 is 19.9 Å². The normalized spacial score (nSPS) is 14.6. The molecule has 0 aromatic rings. The van der Waals surface area contributed by atoms with Gasteiger partial charge in [-0.3, -0.25) is 4.79 Å². The van der Waals surface area contributed by atoms with E-state index in [2.05, 4.69) is 5.32 Å². The topological polar surface area (TPSA) is 84.9 Å². The summed E-state index contributed by atoms with van der Waals surface area (Å²) in [5, 5.41) is 12.8. The van der Waals surface area contributed by atoms with Crippen LogP contribution in [0.15, 0.2) is 11.6 Å². The van der Waals surface area contributed by atoms with Crippen LogP contribution in [0.3, 0.4) is 0 Å². The summed E-state index contributed by atoms with van der Waals surface area (Å²) >= 11 is 0. The largest absolute Gasteiger partial charge is 0.463 e. The summed E-state index contributed by atoms with van der Waals surface area (Å²) in [4.78, 5) is 22.7. The number of hydrogen-bond donors (Lipinski definition) is 2. The summed E-state index contributed by atoms with van der Waals surface area (Å²) in [6.07, 6.45) is 1.51. The van der Waals surface area contributed by atoms with E-state index in [1.54, 1.807) is 19.9 Å². The number of esters is 1. The van der Waals surface area contributed by atoms with E-state index in [1.807, 2.05) is 13.8 Å². The molecule has 0 aromatic carbocycles. The van der Waals surface area contributed by atoms with E-state index in [-0.39, 0.29) is 25.2 Å². The number of amides is 1. The maximum atomic E-state index is 11.7. The van der Waals surface area contributed by atoms with Gasteiger partial charge in [-0.05, 0) is 32.8 Å². The molecule has 0 heterocycles. The molecule has 0 radical (unpaired) electrons. The average Bonchev–Trinajstić information content (AvgIpc) is 2.48. The molecule has 0 saturated heterocycles. The molecular weight excluding hydrogens is 286 g/mol. The van der Waals surface area contributed by atoms with Gasteiger partial charge in [0.15, 0.2) is 0 Å². The summed E-state index contributed by atoms with van der Waals surface area (Å²) < 4.78 is 10.8. The maximum Gasteiger partial charge on any atom is 0.333 e. The molecule has 0 aliphatic rings. The molecule has 0 saturated carbocycles. The van der Waals surface area contributed by atoms with Crippen molar-refractivity contribution in [2.24, 2.45) is 0 Å². The Hall–Kier alpha value is -1.40. The van der Waals surface area contributed by atoms with E-state index in [9.17, 15) is 14.7 Å². The Kier molecular flexibility index (Phi) is 10.5. The summed E-state index contributed by atoms with van der Waals surface area (Å²) in [7, 11) is 0. The molecule has 0 bridgehead atoms. The van der Waals surface area contributed by atoms with Gasteiger partial charge in [0, 0.05) is 19.0 Å².